The molecule has 290 valence electrons. The summed E-state index contributed by atoms with van der Waals surface area (Å²) in [6.45, 7) is 3.71. The average Bonchev–Trinajstić information content (AvgIpc) is 3.20. The Morgan fingerprint density at radius 1 is 0.667 bits per heavy atom. The molecule has 0 bridgehead atoms. The van der Waals surface area contributed by atoms with Gasteiger partial charge < -0.3 is 19.2 Å². The molecule has 6 rings (SSSR count). The van der Waals surface area contributed by atoms with Gasteiger partial charge in [-0.15, -0.1) is 0 Å². The molecule has 0 aliphatic heterocycles. The molecule has 10 nitrogen and oxygen atoms in total. The first-order chi connectivity index (χ1) is 27.5. The van der Waals surface area contributed by atoms with Crippen LogP contribution in [0.4, 0.5) is 0 Å². The Bertz CT molecular complexity index is 2490. The van der Waals surface area contributed by atoms with E-state index in [2.05, 4.69) is 26.0 Å². The van der Waals surface area contributed by atoms with E-state index in [4.69, 9.17) is 65.9 Å². The van der Waals surface area contributed by atoms with Crippen LogP contribution in [0.15, 0.2) is 90.2 Å². The predicted molar refractivity (Wildman–Crippen MR) is 222 cm³/mol. The summed E-state index contributed by atoms with van der Waals surface area (Å²) in [6, 6.07) is 21.5. The summed E-state index contributed by atoms with van der Waals surface area (Å²) in [7, 11) is 1.51. The van der Waals surface area contributed by atoms with E-state index in [0.29, 0.717) is 68.6 Å². The Kier molecular flexibility index (Phi) is 15.3. The van der Waals surface area contributed by atoms with Crippen LogP contribution in [0.5, 0.6) is 28.9 Å². The van der Waals surface area contributed by atoms with E-state index < -0.39 is 5.56 Å². The monoisotopic (exact) mass is 840 g/mol. The SMILES string of the molecule is COc1nc(C)c(CCCc2ccncc2)c(Oc2cc(Cl)cc(C#N)c2)c1Cl.Cc1[nH]c(=O)c(Cl)c(Oc2cc(Cl)cc(C#N)c2)c1CCCc1ccncc1. The van der Waals surface area contributed by atoms with Gasteiger partial charge in [0.05, 0.1) is 30.4 Å². The second kappa shape index (κ2) is 20.5. The van der Waals surface area contributed by atoms with Crippen LogP contribution in [0.3, 0.4) is 0 Å². The minimum Gasteiger partial charge on any atom is -0.480 e. The first-order valence-electron chi connectivity index (χ1n) is 17.7. The molecule has 0 aliphatic rings. The third-order valence-electron chi connectivity index (χ3n) is 8.71. The van der Waals surface area contributed by atoms with Gasteiger partial charge in [-0.1, -0.05) is 46.4 Å². The van der Waals surface area contributed by atoms with E-state index in [1.54, 1.807) is 55.1 Å². The number of nitrogens with zero attached hydrogens (tertiary/aromatic N) is 5. The lowest BCUT2D eigenvalue weighted by atomic mass is 10.0. The van der Waals surface area contributed by atoms with Crippen LogP contribution in [0.1, 0.15) is 57.6 Å². The first kappa shape index (κ1) is 42.5. The number of aryl methyl sites for hydroxylation is 4. The number of rotatable bonds is 13. The van der Waals surface area contributed by atoms with Crippen LogP contribution in [-0.2, 0) is 25.7 Å². The van der Waals surface area contributed by atoms with Crippen molar-refractivity contribution in [1.29, 1.82) is 10.5 Å². The second-order valence-electron chi connectivity index (χ2n) is 12.7. The number of ether oxygens (including phenoxy) is 3. The highest BCUT2D eigenvalue weighted by Gasteiger charge is 2.21. The van der Waals surface area contributed by atoms with Gasteiger partial charge in [0, 0.05) is 57.3 Å². The Labute approximate surface area is 350 Å². The van der Waals surface area contributed by atoms with Crippen molar-refractivity contribution in [2.24, 2.45) is 0 Å². The molecule has 4 aromatic heterocycles. The number of hydrogen-bond acceptors (Lipinski definition) is 9. The van der Waals surface area contributed by atoms with Gasteiger partial charge in [0.15, 0.2) is 11.5 Å². The van der Waals surface area contributed by atoms with Crippen molar-refractivity contribution in [1.82, 2.24) is 19.9 Å². The average molecular weight is 843 g/mol. The fraction of sp³-hybridized carbons (Fsp3) is 0.209. The third kappa shape index (κ3) is 11.7. The zero-order valence-corrected chi connectivity index (χ0v) is 34.2. The molecular weight excluding hydrogens is 806 g/mol. The number of methoxy groups -OCH3 is 1. The molecule has 0 saturated heterocycles. The molecule has 0 saturated carbocycles. The van der Waals surface area contributed by atoms with Gasteiger partial charge in [-0.25, -0.2) is 4.98 Å². The molecule has 2 aromatic carbocycles. The van der Waals surface area contributed by atoms with E-state index in [-0.39, 0.29) is 10.0 Å². The van der Waals surface area contributed by atoms with Gasteiger partial charge in [-0.05, 0) is 124 Å². The summed E-state index contributed by atoms with van der Waals surface area (Å²) in [5.41, 5.74) is 5.91. The number of aromatic amines is 1. The fourth-order valence-electron chi connectivity index (χ4n) is 5.96. The molecule has 14 heteroatoms. The molecule has 6 aromatic rings. The van der Waals surface area contributed by atoms with Gasteiger partial charge in [0.25, 0.3) is 5.56 Å². The summed E-state index contributed by atoms with van der Waals surface area (Å²) in [5, 5.41) is 19.4. The largest absolute Gasteiger partial charge is 0.480 e. The zero-order valence-electron chi connectivity index (χ0n) is 31.2. The van der Waals surface area contributed by atoms with Crippen LogP contribution in [0.2, 0.25) is 20.1 Å². The van der Waals surface area contributed by atoms with Crippen molar-refractivity contribution in [3.05, 3.63) is 161 Å². The quantitative estimate of drug-likeness (QED) is 0.120. The lowest BCUT2D eigenvalue weighted by Crippen LogP contribution is -2.13. The highest BCUT2D eigenvalue weighted by molar-refractivity contribution is 6.33. The van der Waals surface area contributed by atoms with E-state index in [1.165, 1.54) is 24.3 Å². The molecule has 0 spiro atoms. The summed E-state index contributed by atoms with van der Waals surface area (Å²) < 4.78 is 17.3. The molecule has 0 radical (unpaired) electrons. The highest BCUT2D eigenvalue weighted by Crippen LogP contribution is 2.41. The van der Waals surface area contributed by atoms with Crippen LogP contribution in [-0.4, -0.2) is 27.0 Å². The molecule has 0 amide bonds. The van der Waals surface area contributed by atoms with Crippen LogP contribution in [0.25, 0.3) is 0 Å². The predicted octanol–water partition coefficient (Wildman–Crippen LogP) is 11.2. The van der Waals surface area contributed by atoms with Crippen molar-refractivity contribution in [2.75, 3.05) is 7.11 Å². The Balaban J connectivity index is 0.000000218. The molecule has 0 aliphatic carbocycles. The van der Waals surface area contributed by atoms with Crippen molar-refractivity contribution in [2.45, 2.75) is 52.4 Å². The number of aromatic nitrogens is 4. The number of nitrogens with one attached hydrogen (secondary N) is 1. The van der Waals surface area contributed by atoms with Crippen molar-refractivity contribution < 1.29 is 14.2 Å². The topological polar surface area (TPSA) is 147 Å². The minimum absolute atomic E-state index is 0.0250. The Morgan fingerprint density at radius 2 is 1.14 bits per heavy atom. The van der Waals surface area contributed by atoms with E-state index >= 15 is 0 Å². The molecule has 4 heterocycles. The molecule has 0 unspecified atom stereocenters. The normalized spacial score (nSPS) is 10.5. The van der Waals surface area contributed by atoms with E-state index in [9.17, 15) is 10.1 Å². The Hall–Kier alpha value is -5.62. The summed E-state index contributed by atoms with van der Waals surface area (Å²) in [5.74, 6) is 1.84. The van der Waals surface area contributed by atoms with Gasteiger partial charge >= 0.3 is 0 Å². The molecule has 0 atom stereocenters. The number of nitriles is 2. The second-order valence-corrected chi connectivity index (χ2v) is 14.4. The van der Waals surface area contributed by atoms with Crippen LogP contribution >= 0.6 is 46.4 Å². The van der Waals surface area contributed by atoms with Crippen LogP contribution < -0.4 is 19.8 Å². The van der Waals surface area contributed by atoms with Crippen molar-refractivity contribution in [3.63, 3.8) is 0 Å². The van der Waals surface area contributed by atoms with Crippen molar-refractivity contribution in [3.8, 4) is 41.0 Å². The Morgan fingerprint density at radius 3 is 1.61 bits per heavy atom. The van der Waals surface area contributed by atoms with Crippen molar-refractivity contribution >= 4 is 46.4 Å². The first-order valence-corrected chi connectivity index (χ1v) is 19.2. The minimum atomic E-state index is -0.422. The van der Waals surface area contributed by atoms with E-state index in [0.717, 1.165) is 42.5 Å². The maximum Gasteiger partial charge on any atom is 0.270 e. The number of H-pyrrole nitrogens is 1. The maximum atomic E-state index is 12.1. The number of hydrogen-bond donors (Lipinski definition) is 1. The van der Waals surface area contributed by atoms with Gasteiger partial charge in [0.1, 0.15) is 21.5 Å². The number of benzene rings is 2. The number of pyridine rings is 4. The maximum absolute atomic E-state index is 12.1. The smallest absolute Gasteiger partial charge is 0.270 e. The number of halogens is 4. The van der Waals surface area contributed by atoms with Gasteiger partial charge in [-0.2, -0.15) is 10.5 Å². The lowest BCUT2D eigenvalue weighted by molar-refractivity contribution is 0.390. The molecule has 57 heavy (non-hydrogen) atoms. The van der Waals surface area contributed by atoms with Gasteiger partial charge in [0.2, 0.25) is 5.88 Å². The van der Waals surface area contributed by atoms with Crippen LogP contribution in [0, 0.1) is 36.5 Å². The molecule has 1 N–H and O–H groups in total. The summed E-state index contributed by atoms with van der Waals surface area (Å²) in [4.78, 5) is 27.4. The van der Waals surface area contributed by atoms with E-state index in [1.807, 2.05) is 44.2 Å². The highest BCUT2D eigenvalue weighted by atomic mass is 35.5. The lowest BCUT2D eigenvalue weighted by Gasteiger charge is -2.17. The fourth-order valence-corrected chi connectivity index (χ4v) is 6.88. The molecule has 0 fully saturated rings. The summed E-state index contributed by atoms with van der Waals surface area (Å²) >= 11 is 24.9. The third-order valence-corrected chi connectivity index (χ3v) is 9.82. The van der Waals surface area contributed by atoms with Gasteiger partial charge in [-0.3, -0.25) is 14.8 Å². The zero-order chi connectivity index (χ0) is 40.9. The summed E-state index contributed by atoms with van der Waals surface area (Å²) in [6.07, 6.45) is 11.9. The molecular formula is C43H36Cl4N6O4. The standard InChI is InChI=1S/C22H19Cl2N3O2.C21H17Cl2N3O2/c1-14-19(5-3-4-15-6-8-26-9-7-15)21(20(24)22(27-14)28-2)29-18-11-16(13-25)10-17(23)12-18;1-13-18(4-2-3-14-5-7-25-8-6-14)20(19(23)21(27)26-13)28-17-10-15(12-24)9-16(22)11-17/h6-12H,3-5H2,1-2H3;5-11H,2-4H2,1H3,(H,26,27).